The van der Waals surface area contributed by atoms with Crippen molar-refractivity contribution in [2.75, 3.05) is 49.7 Å². The number of nitrogens with zero attached hydrogens (tertiary/aromatic N) is 1. The Morgan fingerprint density at radius 3 is 2.46 bits per heavy atom. The first-order valence-electron chi connectivity index (χ1n) is 9.49. The highest BCUT2D eigenvalue weighted by atomic mass is 32.2. The first-order chi connectivity index (χ1) is 13.7. The van der Waals surface area contributed by atoms with Gasteiger partial charge in [0.25, 0.3) is 0 Å². The van der Waals surface area contributed by atoms with Crippen molar-refractivity contribution in [2.45, 2.75) is 17.1 Å². The van der Waals surface area contributed by atoms with Crippen molar-refractivity contribution in [1.82, 2.24) is 0 Å². The number of rotatable bonds is 5. The van der Waals surface area contributed by atoms with Gasteiger partial charge in [-0.15, -0.1) is 11.8 Å². The summed E-state index contributed by atoms with van der Waals surface area (Å²) in [7, 11) is 0. The van der Waals surface area contributed by atoms with E-state index in [1.807, 2.05) is 49.4 Å². The van der Waals surface area contributed by atoms with Crippen LogP contribution in [0.1, 0.15) is 6.92 Å². The third kappa shape index (κ3) is 4.54. The zero-order valence-electron chi connectivity index (χ0n) is 15.8. The summed E-state index contributed by atoms with van der Waals surface area (Å²) in [6.07, 6.45) is 0. The molecule has 2 heterocycles. The SMILES string of the molecule is C[C@@H](Sc1ccc2c(c1)OCCO2)C(=O)Nc1ccc(N2CCOCC2)cc1. The molecule has 0 unspecified atom stereocenters. The van der Waals surface area contributed by atoms with Gasteiger partial charge >= 0.3 is 0 Å². The molecule has 1 N–H and O–H groups in total. The first-order valence-corrected chi connectivity index (χ1v) is 10.4. The Labute approximate surface area is 169 Å². The molecular weight excluding hydrogens is 376 g/mol. The number of fused-ring (bicyclic) bond motifs is 1. The maximum atomic E-state index is 12.6. The molecule has 2 aromatic carbocycles. The maximum Gasteiger partial charge on any atom is 0.237 e. The second-order valence-electron chi connectivity index (χ2n) is 6.70. The van der Waals surface area contributed by atoms with Gasteiger partial charge in [0.05, 0.1) is 18.5 Å². The van der Waals surface area contributed by atoms with Crippen molar-refractivity contribution < 1.29 is 19.0 Å². The van der Waals surface area contributed by atoms with Crippen LogP contribution in [0.25, 0.3) is 0 Å². The Kier molecular flexibility index (Phi) is 5.92. The van der Waals surface area contributed by atoms with Crippen molar-refractivity contribution in [3.63, 3.8) is 0 Å². The summed E-state index contributed by atoms with van der Waals surface area (Å²) < 4.78 is 16.5. The van der Waals surface area contributed by atoms with Gasteiger partial charge in [-0.05, 0) is 49.4 Å². The van der Waals surface area contributed by atoms with Crippen LogP contribution >= 0.6 is 11.8 Å². The van der Waals surface area contributed by atoms with Gasteiger partial charge in [-0.2, -0.15) is 0 Å². The molecule has 6 nitrogen and oxygen atoms in total. The number of benzene rings is 2. The molecular formula is C21H24N2O4S. The normalized spacial score (nSPS) is 17.1. The van der Waals surface area contributed by atoms with E-state index in [2.05, 4.69) is 10.2 Å². The lowest BCUT2D eigenvalue weighted by molar-refractivity contribution is -0.115. The molecule has 1 atom stereocenters. The minimum Gasteiger partial charge on any atom is -0.486 e. The molecule has 0 spiro atoms. The number of hydrogen-bond donors (Lipinski definition) is 1. The molecule has 4 rings (SSSR count). The van der Waals surface area contributed by atoms with Crippen LogP contribution in [0.4, 0.5) is 11.4 Å². The summed E-state index contributed by atoms with van der Waals surface area (Å²) in [6.45, 7) is 6.34. The molecule has 28 heavy (non-hydrogen) atoms. The molecule has 0 bridgehead atoms. The van der Waals surface area contributed by atoms with E-state index in [4.69, 9.17) is 14.2 Å². The Hall–Kier alpha value is -2.38. The van der Waals surface area contributed by atoms with Crippen molar-refractivity contribution in [3.8, 4) is 11.5 Å². The zero-order valence-corrected chi connectivity index (χ0v) is 16.7. The highest BCUT2D eigenvalue weighted by molar-refractivity contribution is 8.00. The fourth-order valence-corrected chi connectivity index (χ4v) is 4.07. The molecule has 2 aliphatic heterocycles. The third-order valence-corrected chi connectivity index (χ3v) is 5.80. The molecule has 1 amide bonds. The average molecular weight is 401 g/mol. The van der Waals surface area contributed by atoms with Crippen LogP contribution in [0, 0.1) is 0 Å². The van der Waals surface area contributed by atoms with Crippen LogP contribution in [0.15, 0.2) is 47.4 Å². The molecule has 7 heteroatoms. The number of hydrogen-bond acceptors (Lipinski definition) is 6. The van der Waals surface area contributed by atoms with E-state index in [9.17, 15) is 4.79 Å². The van der Waals surface area contributed by atoms with Gasteiger partial charge in [-0.1, -0.05) is 0 Å². The topological polar surface area (TPSA) is 60.0 Å². The highest BCUT2D eigenvalue weighted by Gasteiger charge is 2.18. The summed E-state index contributed by atoms with van der Waals surface area (Å²) in [5.41, 5.74) is 1.96. The van der Waals surface area contributed by atoms with Gasteiger partial charge in [0.1, 0.15) is 13.2 Å². The fraction of sp³-hybridized carbons (Fsp3) is 0.381. The van der Waals surface area contributed by atoms with Crippen LogP contribution in [0.5, 0.6) is 11.5 Å². The molecule has 0 aromatic heterocycles. The summed E-state index contributed by atoms with van der Waals surface area (Å²) in [6, 6.07) is 13.8. The number of carbonyl (C=O) groups is 1. The molecule has 1 fully saturated rings. The third-order valence-electron chi connectivity index (χ3n) is 4.71. The molecule has 2 aromatic rings. The minimum absolute atomic E-state index is 0.0287. The molecule has 148 valence electrons. The van der Waals surface area contributed by atoms with E-state index in [-0.39, 0.29) is 11.2 Å². The smallest absolute Gasteiger partial charge is 0.237 e. The van der Waals surface area contributed by atoms with Gasteiger partial charge in [0.15, 0.2) is 11.5 Å². The Morgan fingerprint density at radius 2 is 1.71 bits per heavy atom. The van der Waals surface area contributed by atoms with Crippen molar-refractivity contribution in [2.24, 2.45) is 0 Å². The molecule has 0 radical (unpaired) electrons. The van der Waals surface area contributed by atoms with Crippen LogP contribution in [-0.2, 0) is 9.53 Å². The fourth-order valence-electron chi connectivity index (χ4n) is 3.18. The van der Waals surface area contributed by atoms with Crippen LogP contribution < -0.4 is 19.7 Å². The van der Waals surface area contributed by atoms with Gasteiger partial charge in [0, 0.05) is 29.4 Å². The number of thioether (sulfide) groups is 1. The van der Waals surface area contributed by atoms with Gasteiger partial charge in [0.2, 0.25) is 5.91 Å². The number of amides is 1. The summed E-state index contributed by atoms with van der Waals surface area (Å²) in [5, 5.41) is 2.76. The van der Waals surface area contributed by atoms with E-state index < -0.39 is 0 Å². The summed E-state index contributed by atoms with van der Waals surface area (Å²) in [4.78, 5) is 15.8. The minimum atomic E-state index is -0.235. The Morgan fingerprint density at radius 1 is 1.00 bits per heavy atom. The monoisotopic (exact) mass is 400 g/mol. The summed E-state index contributed by atoms with van der Waals surface area (Å²) >= 11 is 1.50. The van der Waals surface area contributed by atoms with Crippen LogP contribution in [-0.4, -0.2) is 50.7 Å². The largest absolute Gasteiger partial charge is 0.486 e. The number of ether oxygens (including phenoxy) is 3. The summed E-state index contributed by atoms with van der Waals surface area (Å²) in [5.74, 6) is 1.47. The molecule has 1 saturated heterocycles. The predicted octanol–water partition coefficient (Wildman–Crippen LogP) is 3.41. The van der Waals surface area contributed by atoms with E-state index in [0.29, 0.717) is 13.2 Å². The van der Waals surface area contributed by atoms with Crippen LogP contribution in [0.2, 0.25) is 0 Å². The van der Waals surface area contributed by atoms with Crippen molar-refractivity contribution in [3.05, 3.63) is 42.5 Å². The molecule has 2 aliphatic rings. The number of anilines is 2. The number of carbonyl (C=O) groups excluding carboxylic acids is 1. The Bertz CT molecular complexity index is 822. The lowest BCUT2D eigenvalue weighted by Crippen LogP contribution is -2.36. The van der Waals surface area contributed by atoms with Gasteiger partial charge in [-0.25, -0.2) is 0 Å². The quantitative estimate of drug-likeness (QED) is 0.776. The zero-order chi connectivity index (χ0) is 19.3. The standard InChI is InChI=1S/C21H24N2O4S/c1-15(28-18-6-7-19-20(14-18)27-13-12-26-19)21(24)22-16-2-4-17(5-3-16)23-8-10-25-11-9-23/h2-7,14-15H,8-13H2,1H3,(H,22,24)/t15-/m1/s1. The molecule has 0 aliphatic carbocycles. The van der Waals surface area contributed by atoms with E-state index >= 15 is 0 Å². The van der Waals surface area contributed by atoms with E-state index in [1.165, 1.54) is 11.8 Å². The molecule has 0 saturated carbocycles. The number of morpholine rings is 1. The van der Waals surface area contributed by atoms with Gasteiger partial charge < -0.3 is 24.4 Å². The second kappa shape index (κ2) is 8.75. The lowest BCUT2D eigenvalue weighted by Gasteiger charge is -2.29. The van der Waals surface area contributed by atoms with Crippen molar-refractivity contribution in [1.29, 1.82) is 0 Å². The van der Waals surface area contributed by atoms with E-state index in [1.54, 1.807) is 0 Å². The number of nitrogens with one attached hydrogen (secondary N) is 1. The average Bonchev–Trinajstić information content (AvgIpc) is 2.75. The second-order valence-corrected chi connectivity index (χ2v) is 8.12. The predicted molar refractivity (Wildman–Crippen MR) is 111 cm³/mol. The first kappa shape index (κ1) is 19.0. The van der Waals surface area contributed by atoms with Gasteiger partial charge in [-0.3, -0.25) is 4.79 Å². The van der Waals surface area contributed by atoms with Crippen LogP contribution in [0.3, 0.4) is 0 Å². The maximum absolute atomic E-state index is 12.6. The Balaban J connectivity index is 1.34. The lowest BCUT2D eigenvalue weighted by atomic mass is 10.2. The van der Waals surface area contributed by atoms with E-state index in [0.717, 1.165) is 54.1 Å². The highest BCUT2D eigenvalue weighted by Crippen LogP contribution is 2.35. The van der Waals surface area contributed by atoms with Crippen molar-refractivity contribution >= 4 is 29.0 Å².